The SMILES string of the molecule is CCCCCCCCCCCCC(O)C1CCOC1. The standard InChI is InChI=1S/C17H34O2/c1-2-3-4-5-6-7-8-9-10-11-12-17(18)16-13-14-19-15-16/h16-18H,2-15H2,1H3. The van der Waals surface area contributed by atoms with Gasteiger partial charge in [0, 0.05) is 12.5 Å². The number of rotatable bonds is 12. The van der Waals surface area contributed by atoms with E-state index in [9.17, 15) is 5.11 Å². The van der Waals surface area contributed by atoms with Crippen LogP contribution in [0.15, 0.2) is 0 Å². The lowest BCUT2D eigenvalue weighted by molar-refractivity contribution is 0.0825. The van der Waals surface area contributed by atoms with Crippen LogP contribution < -0.4 is 0 Å². The summed E-state index contributed by atoms with van der Waals surface area (Å²) in [5.41, 5.74) is 0. The summed E-state index contributed by atoms with van der Waals surface area (Å²) in [5.74, 6) is 0.415. The highest BCUT2D eigenvalue weighted by Crippen LogP contribution is 2.21. The third-order valence-corrected chi connectivity index (χ3v) is 4.36. The maximum absolute atomic E-state index is 9.99. The van der Waals surface area contributed by atoms with Gasteiger partial charge in [0.2, 0.25) is 0 Å². The molecule has 1 aliphatic heterocycles. The maximum Gasteiger partial charge on any atom is 0.0591 e. The molecular formula is C17H34O2. The van der Waals surface area contributed by atoms with Crippen molar-refractivity contribution in [1.82, 2.24) is 0 Å². The Morgan fingerprint density at radius 2 is 1.53 bits per heavy atom. The maximum atomic E-state index is 9.99. The molecular weight excluding hydrogens is 236 g/mol. The van der Waals surface area contributed by atoms with Gasteiger partial charge in [-0.1, -0.05) is 71.1 Å². The lowest BCUT2D eigenvalue weighted by Crippen LogP contribution is -2.20. The van der Waals surface area contributed by atoms with Gasteiger partial charge in [0.25, 0.3) is 0 Å². The van der Waals surface area contributed by atoms with Crippen molar-refractivity contribution in [1.29, 1.82) is 0 Å². The highest BCUT2D eigenvalue weighted by atomic mass is 16.5. The first kappa shape index (κ1) is 17.0. The van der Waals surface area contributed by atoms with Crippen molar-refractivity contribution in [2.75, 3.05) is 13.2 Å². The molecule has 0 saturated carbocycles. The Morgan fingerprint density at radius 3 is 2.05 bits per heavy atom. The van der Waals surface area contributed by atoms with Gasteiger partial charge < -0.3 is 9.84 Å². The fourth-order valence-electron chi connectivity index (χ4n) is 2.93. The smallest absolute Gasteiger partial charge is 0.0591 e. The molecule has 1 fully saturated rings. The number of aliphatic hydroxyl groups excluding tert-OH is 1. The molecule has 1 heterocycles. The number of ether oxygens (including phenoxy) is 1. The summed E-state index contributed by atoms with van der Waals surface area (Å²) >= 11 is 0. The van der Waals surface area contributed by atoms with Gasteiger partial charge in [-0.3, -0.25) is 0 Å². The topological polar surface area (TPSA) is 29.5 Å². The zero-order valence-electron chi connectivity index (χ0n) is 12.9. The van der Waals surface area contributed by atoms with Crippen molar-refractivity contribution < 1.29 is 9.84 Å². The first-order chi connectivity index (χ1) is 9.34. The highest BCUT2D eigenvalue weighted by molar-refractivity contribution is 4.72. The van der Waals surface area contributed by atoms with E-state index in [0.717, 1.165) is 26.1 Å². The zero-order chi connectivity index (χ0) is 13.8. The average Bonchev–Trinajstić information content (AvgIpc) is 2.95. The number of hydrogen-bond donors (Lipinski definition) is 1. The fourth-order valence-corrected chi connectivity index (χ4v) is 2.93. The first-order valence-electron chi connectivity index (χ1n) is 8.60. The first-order valence-corrected chi connectivity index (χ1v) is 8.60. The van der Waals surface area contributed by atoms with Crippen LogP contribution in [0.3, 0.4) is 0 Å². The van der Waals surface area contributed by atoms with Gasteiger partial charge in [-0.2, -0.15) is 0 Å². The number of unbranched alkanes of at least 4 members (excludes halogenated alkanes) is 9. The van der Waals surface area contributed by atoms with Crippen LogP contribution in [0.1, 0.15) is 84.0 Å². The molecule has 1 N–H and O–H groups in total. The van der Waals surface area contributed by atoms with E-state index in [0.29, 0.717) is 5.92 Å². The van der Waals surface area contributed by atoms with Gasteiger partial charge in [0.1, 0.15) is 0 Å². The second-order valence-electron chi connectivity index (χ2n) is 6.16. The van der Waals surface area contributed by atoms with Crippen molar-refractivity contribution >= 4 is 0 Å². The Kier molecular flexibility index (Phi) is 10.5. The van der Waals surface area contributed by atoms with Crippen molar-refractivity contribution in [3.63, 3.8) is 0 Å². The Hall–Kier alpha value is -0.0800. The lowest BCUT2D eigenvalue weighted by Gasteiger charge is -2.15. The van der Waals surface area contributed by atoms with Crippen LogP contribution in [0.25, 0.3) is 0 Å². The van der Waals surface area contributed by atoms with Crippen LogP contribution in [-0.2, 0) is 4.74 Å². The summed E-state index contributed by atoms with van der Waals surface area (Å²) in [6, 6.07) is 0. The third kappa shape index (κ3) is 8.65. The van der Waals surface area contributed by atoms with E-state index in [1.54, 1.807) is 0 Å². The molecule has 0 aromatic rings. The average molecular weight is 270 g/mol. The second-order valence-corrected chi connectivity index (χ2v) is 6.16. The quantitative estimate of drug-likeness (QED) is 0.521. The zero-order valence-corrected chi connectivity index (χ0v) is 12.9. The minimum Gasteiger partial charge on any atom is -0.393 e. The van der Waals surface area contributed by atoms with E-state index in [1.807, 2.05) is 0 Å². The molecule has 0 aliphatic carbocycles. The molecule has 0 aromatic carbocycles. The van der Waals surface area contributed by atoms with Gasteiger partial charge in [-0.25, -0.2) is 0 Å². The normalized spacial score (nSPS) is 20.8. The highest BCUT2D eigenvalue weighted by Gasteiger charge is 2.23. The minimum absolute atomic E-state index is 0.114. The molecule has 0 amide bonds. The minimum atomic E-state index is -0.114. The Bertz CT molecular complexity index is 188. The van der Waals surface area contributed by atoms with E-state index in [4.69, 9.17) is 4.74 Å². The van der Waals surface area contributed by atoms with Gasteiger partial charge in [-0.05, 0) is 12.8 Å². The molecule has 1 saturated heterocycles. The molecule has 1 rings (SSSR count). The molecule has 0 aromatic heterocycles. The van der Waals surface area contributed by atoms with Crippen LogP contribution in [-0.4, -0.2) is 24.4 Å². The summed E-state index contributed by atoms with van der Waals surface area (Å²) in [7, 11) is 0. The third-order valence-electron chi connectivity index (χ3n) is 4.36. The summed E-state index contributed by atoms with van der Waals surface area (Å²) < 4.78 is 5.32. The summed E-state index contributed by atoms with van der Waals surface area (Å²) in [5, 5.41) is 9.99. The van der Waals surface area contributed by atoms with Crippen molar-refractivity contribution in [3.05, 3.63) is 0 Å². The molecule has 2 atom stereocenters. The van der Waals surface area contributed by atoms with Crippen molar-refractivity contribution in [3.8, 4) is 0 Å². The van der Waals surface area contributed by atoms with E-state index < -0.39 is 0 Å². The van der Waals surface area contributed by atoms with Crippen LogP contribution in [0.2, 0.25) is 0 Å². The molecule has 0 spiro atoms. The van der Waals surface area contributed by atoms with Crippen LogP contribution in [0.5, 0.6) is 0 Å². The van der Waals surface area contributed by atoms with E-state index in [2.05, 4.69) is 6.92 Å². The summed E-state index contributed by atoms with van der Waals surface area (Å²) in [6.07, 6.45) is 15.5. The molecule has 2 unspecified atom stereocenters. The number of aliphatic hydroxyl groups is 1. The fraction of sp³-hybridized carbons (Fsp3) is 1.00. The molecule has 0 radical (unpaired) electrons. The van der Waals surface area contributed by atoms with Gasteiger partial charge >= 0.3 is 0 Å². The monoisotopic (exact) mass is 270 g/mol. The second kappa shape index (κ2) is 11.7. The molecule has 2 nitrogen and oxygen atoms in total. The van der Waals surface area contributed by atoms with E-state index in [1.165, 1.54) is 64.2 Å². The summed E-state index contributed by atoms with van der Waals surface area (Å²) in [6.45, 7) is 3.89. The molecule has 2 heteroatoms. The van der Waals surface area contributed by atoms with E-state index in [-0.39, 0.29) is 6.10 Å². The van der Waals surface area contributed by atoms with Crippen molar-refractivity contribution in [2.45, 2.75) is 90.1 Å². The largest absolute Gasteiger partial charge is 0.393 e. The van der Waals surface area contributed by atoms with E-state index >= 15 is 0 Å². The molecule has 0 bridgehead atoms. The van der Waals surface area contributed by atoms with Crippen LogP contribution in [0.4, 0.5) is 0 Å². The Morgan fingerprint density at radius 1 is 0.947 bits per heavy atom. The summed E-state index contributed by atoms with van der Waals surface area (Å²) in [4.78, 5) is 0. The van der Waals surface area contributed by atoms with Gasteiger partial charge in [0.05, 0.1) is 12.7 Å². The molecule has 114 valence electrons. The predicted molar refractivity (Wildman–Crippen MR) is 81.4 cm³/mol. The van der Waals surface area contributed by atoms with Crippen molar-refractivity contribution in [2.24, 2.45) is 5.92 Å². The Labute approximate surface area is 119 Å². The van der Waals surface area contributed by atoms with Gasteiger partial charge in [0.15, 0.2) is 0 Å². The molecule has 19 heavy (non-hydrogen) atoms. The van der Waals surface area contributed by atoms with Gasteiger partial charge in [-0.15, -0.1) is 0 Å². The predicted octanol–water partition coefficient (Wildman–Crippen LogP) is 4.69. The molecule has 1 aliphatic rings. The lowest BCUT2D eigenvalue weighted by atomic mass is 9.96. The Balaban J connectivity index is 1.78. The van der Waals surface area contributed by atoms with Crippen LogP contribution >= 0.6 is 0 Å². The van der Waals surface area contributed by atoms with Crippen LogP contribution in [0, 0.1) is 5.92 Å². The number of hydrogen-bond acceptors (Lipinski definition) is 2.